The van der Waals surface area contributed by atoms with Crippen LogP contribution in [0, 0.1) is 18.3 Å². The SMILES string of the molecule is Cc1cc2[nH]c3ccccc3[n+]2c(N)c1C#N. The minimum absolute atomic E-state index is 0.486. The number of nitrogens with two attached hydrogens (primary N) is 1. The maximum Gasteiger partial charge on any atom is 0.242 e. The number of H-pyrrole nitrogens is 1. The van der Waals surface area contributed by atoms with Gasteiger partial charge in [-0.25, -0.2) is 0 Å². The Bertz CT molecular complexity index is 777. The third kappa shape index (κ3) is 1.20. The van der Waals surface area contributed by atoms with Crippen LogP contribution in [0.2, 0.25) is 0 Å². The molecule has 2 aromatic heterocycles. The van der Waals surface area contributed by atoms with Crippen LogP contribution in [0.4, 0.5) is 5.82 Å². The van der Waals surface area contributed by atoms with Crippen molar-refractivity contribution in [3.8, 4) is 6.07 Å². The summed E-state index contributed by atoms with van der Waals surface area (Å²) < 4.78 is 1.88. The fourth-order valence-corrected chi connectivity index (χ4v) is 2.19. The summed E-state index contributed by atoms with van der Waals surface area (Å²) in [5.74, 6) is 0.486. The third-order valence-electron chi connectivity index (χ3n) is 3.01. The Morgan fingerprint density at radius 3 is 2.88 bits per heavy atom. The summed E-state index contributed by atoms with van der Waals surface area (Å²) in [6.07, 6.45) is 0. The molecular weight excluding hydrogens is 212 g/mol. The van der Waals surface area contributed by atoms with E-state index in [0.717, 1.165) is 22.2 Å². The summed E-state index contributed by atoms with van der Waals surface area (Å²) in [6, 6.07) is 12.0. The van der Waals surface area contributed by atoms with E-state index in [2.05, 4.69) is 11.1 Å². The van der Waals surface area contributed by atoms with Crippen LogP contribution in [0.1, 0.15) is 11.1 Å². The Hall–Kier alpha value is -2.54. The quantitative estimate of drug-likeness (QED) is 0.569. The number of para-hydroxylation sites is 2. The number of hydrogen-bond acceptors (Lipinski definition) is 2. The molecule has 0 saturated carbocycles. The van der Waals surface area contributed by atoms with Gasteiger partial charge in [-0.1, -0.05) is 12.1 Å². The van der Waals surface area contributed by atoms with Crippen LogP contribution >= 0.6 is 0 Å². The van der Waals surface area contributed by atoms with Gasteiger partial charge in [0, 0.05) is 6.07 Å². The average Bonchev–Trinajstić information content (AvgIpc) is 2.67. The number of rotatable bonds is 0. The Morgan fingerprint density at radius 2 is 2.12 bits per heavy atom. The van der Waals surface area contributed by atoms with E-state index in [4.69, 9.17) is 11.0 Å². The number of nitrogen functional groups attached to an aromatic ring is 1. The molecule has 0 atom stereocenters. The number of benzene rings is 1. The van der Waals surface area contributed by atoms with E-state index in [1.807, 2.05) is 41.7 Å². The van der Waals surface area contributed by atoms with Crippen molar-refractivity contribution >= 4 is 22.5 Å². The van der Waals surface area contributed by atoms with Crippen LogP contribution < -0.4 is 10.1 Å². The zero-order chi connectivity index (χ0) is 12.0. The number of fused-ring (bicyclic) bond motifs is 3. The molecule has 0 aliphatic rings. The van der Waals surface area contributed by atoms with Crippen molar-refractivity contribution in [3.63, 3.8) is 0 Å². The highest BCUT2D eigenvalue weighted by molar-refractivity contribution is 5.75. The average molecular weight is 223 g/mol. The Labute approximate surface area is 97.9 Å². The summed E-state index contributed by atoms with van der Waals surface area (Å²) in [5.41, 5.74) is 10.4. The first-order valence-electron chi connectivity index (χ1n) is 5.34. The Balaban J connectivity index is 2.61. The van der Waals surface area contributed by atoms with Crippen LogP contribution in [-0.4, -0.2) is 4.98 Å². The van der Waals surface area contributed by atoms with Gasteiger partial charge < -0.3 is 5.73 Å². The molecule has 1 aromatic carbocycles. The molecule has 0 unspecified atom stereocenters. The first-order chi connectivity index (χ1) is 8.22. The maximum atomic E-state index is 9.11. The highest BCUT2D eigenvalue weighted by Crippen LogP contribution is 2.18. The van der Waals surface area contributed by atoms with Gasteiger partial charge in [-0.3, -0.25) is 4.98 Å². The lowest BCUT2D eigenvalue weighted by molar-refractivity contribution is -0.464. The van der Waals surface area contributed by atoms with Crippen LogP contribution in [0.25, 0.3) is 16.7 Å². The number of aromatic amines is 1. The van der Waals surface area contributed by atoms with E-state index in [1.165, 1.54) is 0 Å². The van der Waals surface area contributed by atoms with E-state index in [1.54, 1.807) is 0 Å². The number of hydrogen-bond donors (Lipinski definition) is 2. The standard InChI is InChI=1S/C13H10N4/c1-8-6-12-16-10-4-2-3-5-11(10)17(12)13(15)9(8)7-14/h2-6H,1H3,(H2,15,16)/p+1. The lowest BCUT2D eigenvalue weighted by Gasteiger charge is -2.00. The fraction of sp³-hybridized carbons (Fsp3) is 0.0769. The molecule has 4 heteroatoms. The molecule has 0 aliphatic heterocycles. The maximum absolute atomic E-state index is 9.11. The van der Waals surface area contributed by atoms with Gasteiger partial charge in [-0.05, 0) is 24.6 Å². The molecule has 0 aliphatic carbocycles. The van der Waals surface area contributed by atoms with Gasteiger partial charge in [0.1, 0.15) is 22.7 Å². The second kappa shape index (κ2) is 3.22. The molecule has 0 amide bonds. The predicted molar refractivity (Wildman–Crippen MR) is 65.3 cm³/mol. The fourth-order valence-electron chi connectivity index (χ4n) is 2.19. The van der Waals surface area contributed by atoms with Crippen molar-refractivity contribution in [1.82, 2.24) is 4.98 Å². The summed E-state index contributed by atoms with van der Waals surface area (Å²) in [4.78, 5) is 3.28. The summed E-state index contributed by atoms with van der Waals surface area (Å²) in [6.45, 7) is 1.89. The van der Waals surface area contributed by atoms with E-state index >= 15 is 0 Å². The van der Waals surface area contributed by atoms with Crippen LogP contribution in [0.5, 0.6) is 0 Å². The molecule has 0 radical (unpaired) electrons. The van der Waals surface area contributed by atoms with E-state index < -0.39 is 0 Å². The molecular formula is C13H11N4+. The Morgan fingerprint density at radius 1 is 1.35 bits per heavy atom. The van der Waals surface area contributed by atoms with Crippen molar-refractivity contribution in [2.24, 2.45) is 0 Å². The molecule has 82 valence electrons. The van der Waals surface area contributed by atoms with Crippen molar-refractivity contribution in [2.75, 3.05) is 5.73 Å². The van der Waals surface area contributed by atoms with E-state index in [0.29, 0.717) is 11.4 Å². The molecule has 3 aromatic rings. The number of pyridine rings is 1. The highest BCUT2D eigenvalue weighted by Gasteiger charge is 2.17. The van der Waals surface area contributed by atoms with E-state index in [9.17, 15) is 0 Å². The van der Waals surface area contributed by atoms with Gasteiger partial charge in [-0.2, -0.15) is 9.66 Å². The van der Waals surface area contributed by atoms with Gasteiger partial charge >= 0.3 is 0 Å². The molecule has 0 fully saturated rings. The topological polar surface area (TPSA) is 69.7 Å². The van der Waals surface area contributed by atoms with Gasteiger partial charge in [0.15, 0.2) is 0 Å². The zero-order valence-corrected chi connectivity index (χ0v) is 9.36. The van der Waals surface area contributed by atoms with Gasteiger partial charge in [0.25, 0.3) is 0 Å². The lowest BCUT2D eigenvalue weighted by atomic mass is 10.1. The van der Waals surface area contributed by atoms with Gasteiger partial charge in [0.05, 0.1) is 0 Å². The normalized spacial score (nSPS) is 10.8. The molecule has 0 spiro atoms. The number of anilines is 1. The number of nitrogens with zero attached hydrogens (tertiary/aromatic N) is 2. The number of aryl methyl sites for hydroxylation is 1. The molecule has 3 N–H and O–H groups in total. The van der Waals surface area contributed by atoms with Crippen LogP contribution in [0.15, 0.2) is 30.3 Å². The molecule has 2 heterocycles. The molecule has 0 bridgehead atoms. The molecule has 0 saturated heterocycles. The largest absolute Gasteiger partial charge is 0.317 e. The highest BCUT2D eigenvalue weighted by atomic mass is 15.1. The summed E-state index contributed by atoms with van der Waals surface area (Å²) in [7, 11) is 0. The second-order valence-corrected chi connectivity index (χ2v) is 4.06. The number of aromatic nitrogens is 2. The van der Waals surface area contributed by atoms with Crippen molar-refractivity contribution in [2.45, 2.75) is 6.92 Å². The first-order valence-corrected chi connectivity index (χ1v) is 5.34. The molecule has 3 rings (SSSR count). The first kappa shape index (κ1) is 9.67. The third-order valence-corrected chi connectivity index (χ3v) is 3.01. The minimum Gasteiger partial charge on any atom is -0.317 e. The number of nitrogens with one attached hydrogen (secondary N) is 1. The van der Waals surface area contributed by atoms with Crippen molar-refractivity contribution in [3.05, 3.63) is 41.5 Å². The summed E-state index contributed by atoms with van der Waals surface area (Å²) >= 11 is 0. The second-order valence-electron chi connectivity index (χ2n) is 4.06. The number of nitriles is 1. The van der Waals surface area contributed by atoms with Gasteiger partial charge in [-0.15, -0.1) is 0 Å². The zero-order valence-electron chi connectivity index (χ0n) is 9.36. The summed E-state index contributed by atoms with van der Waals surface area (Å²) in [5, 5.41) is 9.11. The van der Waals surface area contributed by atoms with Gasteiger partial charge in [0.2, 0.25) is 11.5 Å². The van der Waals surface area contributed by atoms with E-state index in [-0.39, 0.29) is 0 Å². The number of imidazole rings is 1. The Kier molecular flexibility index (Phi) is 1.83. The lowest BCUT2D eigenvalue weighted by Crippen LogP contribution is -2.26. The van der Waals surface area contributed by atoms with Crippen LogP contribution in [0.3, 0.4) is 0 Å². The minimum atomic E-state index is 0.486. The van der Waals surface area contributed by atoms with Crippen molar-refractivity contribution in [1.29, 1.82) is 5.26 Å². The molecule has 4 nitrogen and oxygen atoms in total. The molecule has 17 heavy (non-hydrogen) atoms. The monoisotopic (exact) mass is 223 g/mol. The predicted octanol–water partition coefficient (Wildman–Crippen LogP) is 1.67. The van der Waals surface area contributed by atoms with Crippen molar-refractivity contribution < 1.29 is 4.40 Å². The van der Waals surface area contributed by atoms with Crippen LogP contribution in [-0.2, 0) is 0 Å². The smallest absolute Gasteiger partial charge is 0.242 e.